The molecule has 5 nitrogen and oxygen atoms in total. The molecular weight excluding hydrogens is 372 g/mol. The fourth-order valence-corrected chi connectivity index (χ4v) is 3.78. The highest BCUT2D eigenvalue weighted by atomic mass is 16.5. The number of rotatable bonds is 7. The third-order valence-corrected chi connectivity index (χ3v) is 6.11. The number of hydrogen-bond donors (Lipinski definition) is 0. The van der Waals surface area contributed by atoms with Gasteiger partial charge in [-0.3, -0.25) is 0 Å². The Hall–Kier alpha value is -3.21. The molecule has 5 heteroatoms. The van der Waals surface area contributed by atoms with Crippen LogP contribution in [0, 0.1) is 0 Å². The van der Waals surface area contributed by atoms with Crippen LogP contribution in [0.15, 0.2) is 78.2 Å². The Bertz CT molecular complexity index is 972. The van der Waals surface area contributed by atoms with Crippen LogP contribution < -0.4 is 0 Å². The molecule has 0 radical (unpaired) electrons. The molecule has 4 aromatic rings. The van der Waals surface area contributed by atoms with Crippen molar-refractivity contribution in [1.82, 2.24) is 19.7 Å². The predicted octanol–water partition coefficient (Wildman–Crippen LogP) is 5.96. The summed E-state index contributed by atoms with van der Waals surface area (Å²) in [4.78, 5) is 8.25. The zero-order valence-electron chi connectivity index (χ0n) is 18.0. The minimum atomic E-state index is 0.0732. The van der Waals surface area contributed by atoms with Gasteiger partial charge in [0.1, 0.15) is 0 Å². The monoisotopic (exact) mass is 400 g/mol. The SMILES string of the molecule is CC(C)(CCC(C)(C)c1ccc(-n2ccnc2)cc1)c1ccc(-c2ncon2)cc1. The molecule has 0 aliphatic rings. The van der Waals surface area contributed by atoms with E-state index in [0.29, 0.717) is 5.82 Å². The number of nitrogens with zero attached hydrogens (tertiary/aromatic N) is 4. The molecular formula is C25H28N4O. The van der Waals surface area contributed by atoms with Gasteiger partial charge in [0.15, 0.2) is 0 Å². The first kappa shape index (κ1) is 20.1. The highest BCUT2D eigenvalue weighted by Crippen LogP contribution is 2.36. The van der Waals surface area contributed by atoms with E-state index in [9.17, 15) is 0 Å². The van der Waals surface area contributed by atoms with Crippen molar-refractivity contribution in [3.63, 3.8) is 0 Å². The van der Waals surface area contributed by atoms with Gasteiger partial charge in [-0.15, -0.1) is 0 Å². The van der Waals surface area contributed by atoms with Crippen molar-refractivity contribution in [2.24, 2.45) is 0 Å². The quantitative estimate of drug-likeness (QED) is 0.384. The van der Waals surface area contributed by atoms with Crippen LogP contribution in [0.3, 0.4) is 0 Å². The lowest BCUT2D eigenvalue weighted by atomic mass is 9.73. The zero-order valence-corrected chi connectivity index (χ0v) is 18.0. The summed E-state index contributed by atoms with van der Waals surface area (Å²) < 4.78 is 6.87. The molecule has 0 fully saturated rings. The normalized spacial score (nSPS) is 12.3. The molecule has 0 atom stereocenters. The molecule has 4 rings (SSSR count). The van der Waals surface area contributed by atoms with E-state index >= 15 is 0 Å². The van der Waals surface area contributed by atoms with Crippen LogP contribution in [-0.2, 0) is 10.8 Å². The van der Waals surface area contributed by atoms with Crippen molar-refractivity contribution < 1.29 is 4.52 Å². The van der Waals surface area contributed by atoms with Crippen molar-refractivity contribution >= 4 is 0 Å². The van der Waals surface area contributed by atoms with E-state index in [-0.39, 0.29) is 10.8 Å². The maximum Gasteiger partial charge on any atom is 0.214 e. The number of aromatic nitrogens is 4. The average Bonchev–Trinajstić information content (AvgIpc) is 3.47. The molecule has 0 spiro atoms. The van der Waals surface area contributed by atoms with Crippen molar-refractivity contribution in [1.29, 1.82) is 0 Å². The Kier molecular flexibility index (Phi) is 5.29. The van der Waals surface area contributed by atoms with E-state index in [4.69, 9.17) is 4.52 Å². The lowest BCUT2D eigenvalue weighted by Gasteiger charge is -2.32. The van der Waals surface area contributed by atoms with Gasteiger partial charge in [0, 0.05) is 23.6 Å². The van der Waals surface area contributed by atoms with Gasteiger partial charge < -0.3 is 9.09 Å². The molecule has 2 heterocycles. The predicted molar refractivity (Wildman–Crippen MR) is 119 cm³/mol. The first-order chi connectivity index (χ1) is 14.4. The zero-order chi connectivity index (χ0) is 21.2. The van der Waals surface area contributed by atoms with Crippen LogP contribution in [0.4, 0.5) is 0 Å². The minimum Gasteiger partial charge on any atom is -0.342 e. The highest BCUT2D eigenvalue weighted by molar-refractivity contribution is 5.54. The molecule has 0 N–H and O–H groups in total. The minimum absolute atomic E-state index is 0.0732. The lowest BCUT2D eigenvalue weighted by molar-refractivity contribution is 0.375. The summed E-state index contributed by atoms with van der Waals surface area (Å²) in [7, 11) is 0. The second kappa shape index (κ2) is 7.90. The van der Waals surface area contributed by atoms with E-state index < -0.39 is 0 Å². The van der Waals surface area contributed by atoms with Crippen LogP contribution >= 0.6 is 0 Å². The summed E-state index contributed by atoms with van der Waals surface area (Å²) in [6.45, 7) is 9.28. The molecule has 0 unspecified atom stereocenters. The van der Waals surface area contributed by atoms with Gasteiger partial charge in [-0.1, -0.05) is 69.2 Å². The van der Waals surface area contributed by atoms with Gasteiger partial charge >= 0.3 is 0 Å². The first-order valence-corrected chi connectivity index (χ1v) is 10.3. The molecule has 2 aromatic carbocycles. The van der Waals surface area contributed by atoms with Gasteiger partial charge in [0.25, 0.3) is 0 Å². The topological polar surface area (TPSA) is 56.7 Å². The summed E-state index contributed by atoms with van der Waals surface area (Å²) in [5.41, 5.74) is 4.95. The van der Waals surface area contributed by atoms with Gasteiger partial charge in [0.05, 0.1) is 6.33 Å². The van der Waals surface area contributed by atoms with E-state index in [1.54, 1.807) is 6.20 Å². The molecule has 2 aromatic heterocycles. The Morgan fingerprint density at radius 3 is 1.93 bits per heavy atom. The van der Waals surface area contributed by atoms with E-state index in [1.165, 1.54) is 17.5 Å². The average molecular weight is 401 g/mol. The Morgan fingerprint density at radius 1 is 0.833 bits per heavy atom. The molecule has 0 saturated heterocycles. The summed E-state index contributed by atoms with van der Waals surface area (Å²) in [6, 6.07) is 17.3. The lowest BCUT2D eigenvalue weighted by Crippen LogP contribution is -2.24. The number of imidazole rings is 1. The number of benzene rings is 2. The first-order valence-electron chi connectivity index (χ1n) is 10.3. The largest absolute Gasteiger partial charge is 0.342 e. The molecule has 0 saturated carbocycles. The standard InChI is InChI=1S/C25H28N4O/c1-24(2,20-7-5-19(6-8-20)23-27-18-30-28-23)13-14-25(3,4)21-9-11-22(12-10-21)29-16-15-26-17-29/h5-12,15-18H,13-14H2,1-4H3. The smallest absolute Gasteiger partial charge is 0.214 e. The Balaban J connectivity index is 1.44. The maximum absolute atomic E-state index is 4.85. The molecule has 30 heavy (non-hydrogen) atoms. The van der Waals surface area contributed by atoms with Gasteiger partial charge in [-0.2, -0.15) is 4.98 Å². The molecule has 0 aliphatic heterocycles. The molecule has 0 amide bonds. The van der Waals surface area contributed by atoms with Gasteiger partial charge in [-0.25, -0.2) is 4.98 Å². The third kappa shape index (κ3) is 4.20. The van der Waals surface area contributed by atoms with Crippen molar-refractivity contribution in [2.45, 2.75) is 51.4 Å². The summed E-state index contributed by atoms with van der Waals surface area (Å²) in [5, 5.41) is 3.91. The Labute approximate surface area is 177 Å². The maximum atomic E-state index is 4.85. The van der Waals surface area contributed by atoms with Crippen LogP contribution in [0.5, 0.6) is 0 Å². The fourth-order valence-electron chi connectivity index (χ4n) is 3.78. The fraction of sp³-hybridized carbons (Fsp3) is 0.320. The molecule has 154 valence electrons. The van der Waals surface area contributed by atoms with Crippen molar-refractivity contribution in [3.05, 3.63) is 84.8 Å². The number of hydrogen-bond acceptors (Lipinski definition) is 4. The van der Waals surface area contributed by atoms with Crippen LogP contribution in [0.1, 0.15) is 51.7 Å². The summed E-state index contributed by atoms with van der Waals surface area (Å²) in [5.74, 6) is 0.625. The molecule has 0 aliphatic carbocycles. The second-order valence-electron chi connectivity index (χ2n) is 9.12. The van der Waals surface area contributed by atoms with E-state index in [1.807, 2.05) is 17.1 Å². The second-order valence-corrected chi connectivity index (χ2v) is 9.12. The Morgan fingerprint density at radius 2 is 1.43 bits per heavy atom. The van der Waals surface area contributed by atoms with Crippen LogP contribution in [-0.4, -0.2) is 19.7 Å². The summed E-state index contributed by atoms with van der Waals surface area (Å²) >= 11 is 0. The van der Waals surface area contributed by atoms with E-state index in [0.717, 1.165) is 24.1 Å². The highest BCUT2D eigenvalue weighted by Gasteiger charge is 2.27. The van der Waals surface area contributed by atoms with Crippen LogP contribution in [0.25, 0.3) is 17.1 Å². The van der Waals surface area contributed by atoms with Crippen molar-refractivity contribution in [3.8, 4) is 17.1 Å². The van der Waals surface area contributed by atoms with E-state index in [2.05, 4.69) is 91.4 Å². The van der Waals surface area contributed by atoms with Crippen LogP contribution in [0.2, 0.25) is 0 Å². The molecule has 0 bridgehead atoms. The summed E-state index contributed by atoms with van der Waals surface area (Å²) in [6.07, 6.45) is 9.13. The van der Waals surface area contributed by atoms with Gasteiger partial charge in [-0.05, 0) is 46.9 Å². The third-order valence-electron chi connectivity index (χ3n) is 6.11. The van der Waals surface area contributed by atoms with Crippen molar-refractivity contribution in [2.75, 3.05) is 0 Å². The van der Waals surface area contributed by atoms with Gasteiger partial charge in [0.2, 0.25) is 12.2 Å².